The maximum atomic E-state index is 14.4. The fraction of sp³-hybridized carbons (Fsp3) is 0.510. The zero-order chi connectivity index (χ0) is 54.4. The number of hydrogen-bond donors (Lipinski definition) is 14. The largest absolute Gasteiger partial charge is 0.481 e. The first-order valence-electron chi connectivity index (χ1n) is 24.1. The van der Waals surface area contributed by atoms with Crippen molar-refractivity contribution >= 4 is 70.1 Å². The summed E-state index contributed by atoms with van der Waals surface area (Å²) in [6.07, 6.45) is 0.102. The van der Waals surface area contributed by atoms with Crippen LogP contribution in [0.25, 0.3) is 10.9 Å². The summed E-state index contributed by atoms with van der Waals surface area (Å²) in [5.41, 5.74) is 18.6. The molecule has 0 aliphatic heterocycles. The number of amides is 8. The third-order valence-electron chi connectivity index (χ3n) is 11.7. The van der Waals surface area contributed by atoms with Crippen LogP contribution in [0, 0.1) is 11.8 Å². The van der Waals surface area contributed by atoms with Crippen molar-refractivity contribution in [1.29, 1.82) is 0 Å². The van der Waals surface area contributed by atoms with Gasteiger partial charge in [-0.2, -0.15) is 0 Å². The molecule has 0 aliphatic rings. The number of aliphatic carboxylic acids is 2. The maximum absolute atomic E-state index is 14.4. The number of carbonyl (C=O) groups excluding carboxylic acids is 8. The first kappa shape index (κ1) is 59.9. The van der Waals surface area contributed by atoms with E-state index in [0.29, 0.717) is 34.9 Å². The number of primary amides is 1. The monoisotopic (exact) mass is 1020 g/mol. The summed E-state index contributed by atoms with van der Waals surface area (Å²) in [6.45, 7) is 6.27. The number of para-hydroxylation sites is 1. The van der Waals surface area contributed by atoms with E-state index in [9.17, 15) is 63.3 Å². The first-order valence-corrected chi connectivity index (χ1v) is 24.1. The van der Waals surface area contributed by atoms with Crippen molar-refractivity contribution in [3.63, 3.8) is 0 Å². The molecule has 73 heavy (non-hydrogen) atoms. The SMILES string of the molecule is CC(C)C[C@H](NC(=O)[C@@H](N)CO)C(=O)N[C@@H](Cc1ccccc1)C(=O)N[C@@H](CC(=O)O)C(=O)N[C@@H](CCC(N)=O)C(=O)N[C@@H](Cc1c[nH]c2ccccc12)C(=O)N[C@@H](CCCCN)C(=O)N[C@H](C(=O)O)C(C)C. The van der Waals surface area contributed by atoms with Gasteiger partial charge in [0.25, 0.3) is 0 Å². The highest BCUT2D eigenvalue weighted by Gasteiger charge is 2.36. The predicted molar refractivity (Wildman–Crippen MR) is 266 cm³/mol. The molecule has 0 fully saturated rings. The number of aliphatic hydroxyl groups is 1. The minimum Gasteiger partial charge on any atom is -0.481 e. The third kappa shape index (κ3) is 19.9. The zero-order valence-electron chi connectivity index (χ0n) is 41.5. The Morgan fingerprint density at radius 3 is 1.67 bits per heavy atom. The van der Waals surface area contributed by atoms with Crippen LogP contribution in [0.15, 0.2) is 60.8 Å². The molecule has 1 heterocycles. The Kier molecular flexibility index (Phi) is 24.4. The lowest BCUT2D eigenvalue weighted by Crippen LogP contribution is -2.61. The van der Waals surface area contributed by atoms with E-state index in [1.165, 1.54) is 0 Å². The van der Waals surface area contributed by atoms with Gasteiger partial charge in [0.05, 0.1) is 13.0 Å². The van der Waals surface area contributed by atoms with Crippen LogP contribution in [0.2, 0.25) is 0 Å². The molecule has 8 atom stereocenters. The van der Waals surface area contributed by atoms with Crippen molar-refractivity contribution in [2.75, 3.05) is 13.2 Å². The Labute approximate surface area is 422 Å². The van der Waals surface area contributed by atoms with Crippen molar-refractivity contribution in [3.05, 3.63) is 71.9 Å². The second-order valence-electron chi connectivity index (χ2n) is 18.5. The number of carboxylic acids is 2. The molecule has 2 aromatic carbocycles. The highest BCUT2D eigenvalue weighted by molar-refractivity contribution is 5.99. The van der Waals surface area contributed by atoms with Crippen molar-refractivity contribution in [3.8, 4) is 0 Å². The minimum absolute atomic E-state index is 0.0330. The molecule has 0 unspecified atom stereocenters. The van der Waals surface area contributed by atoms with Gasteiger partial charge in [-0.3, -0.25) is 43.2 Å². The Bertz CT molecular complexity index is 2380. The van der Waals surface area contributed by atoms with Gasteiger partial charge in [-0.1, -0.05) is 76.2 Å². The van der Waals surface area contributed by atoms with E-state index in [-0.39, 0.29) is 38.1 Å². The molecule has 1 aromatic heterocycles. The molecular weight excluding hydrogens is 951 g/mol. The lowest BCUT2D eigenvalue weighted by molar-refractivity contribution is -0.143. The minimum atomic E-state index is -1.92. The first-order chi connectivity index (χ1) is 34.5. The second-order valence-corrected chi connectivity index (χ2v) is 18.5. The third-order valence-corrected chi connectivity index (χ3v) is 11.7. The number of aromatic amines is 1. The number of unbranched alkanes of at least 4 members (excludes halogenated alkanes) is 1. The number of aliphatic hydroxyl groups excluding tert-OH is 1. The molecule has 0 radical (unpaired) electrons. The molecule has 0 aliphatic carbocycles. The number of rotatable bonds is 32. The number of benzene rings is 2. The number of hydrogen-bond acceptors (Lipinski definition) is 13. The molecule has 17 N–H and O–H groups in total. The molecule has 24 nitrogen and oxygen atoms in total. The highest BCUT2D eigenvalue weighted by Crippen LogP contribution is 2.20. The number of carbonyl (C=O) groups is 10. The molecule has 0 saturated carbocycles. The normalized spacial score (nSPS) is 14.5. The summed E-state index contributed by atoms with van der Waals surface area (Å²) in [6, 6.07) is 3.57. The van der Waals surface area contributed by atoms with Gasteiger partial charge >= 0.3 is 11.9 Å². The smallest absolute Gasteiger partial charge is 0.326 e. The molecular formula is C49H71N11O13. The Hall–Kier alpha value is -7.44. The topological polar surface area (TPSA) is 409 Å². The maximum Gasteiger partial charge on any atom is 0.326 e. The van der Waals surface area contributed by atoms with Crippen molar-refractivity contribution in [2.24, 2.45) is 29.0 Å². The van der Waals surface area contributed by atoms with E-state index in [2.05, 4.69) is 42.2 Å². The summed E-state index contributed by atoms with van der Waals surface area (Å²) < 4.78 is 0. The zero-order valence-corrected chi connectivity index (χ0v) is 41.5. The average Bonchev–Trinajstić information content (AvgIpc) is 3.74. The summed E-state index contributed by atoms with van der Waals surface area (Å²) in [5.74, 6) is -11.1. The van der Waals surface area contributed by atoms with E-state index in [1.54, 1.807) is 88.5 Å². The van der Waals surface area contributed by atoms with Crippen LogP contribution in [-0.4, -0.2) is 141 Å². The number of nitrogens with one attached hydrogen (secondary N) is 8. The quantitative estimate of drug-likeness (QED) is 0.0311. The summed E-state index contributed by atoms with van der Waals surface area (Å²) >= 11 is 0. The van der Waals surface area contributed by atoms with Gasteiger partial charge in [0.15, 0.2) is 0 Å². The predicted octanol–water partition coefficient (Wildman–Crippen LogP) is -1.68. The van der Waals surface area contributed by atoms with Crippen LogP contribution in [-0.2, 0) is 60.8 Å². The van der Waals surface area contributed by atoms with E-state index < -0.39 is 139 Å². The van der Waals surface area contributed by atoms with Gasteiger partial charge in [-0.15, -0.1) is 0 Å². The molecule has 24 heteroatoms. The molecule has 0 saturated heterocycles. The number of aromatic nitrogens is 1. The fourth-order valence-corrected chi connectivity index (χ4v) is 7.68. The highest BCUT2D eigenvalue weighted by atomic mass is 16.4. The lowest BCUT2D eigenvalue weighted by Gasteiger charge is -2.28. The van der Waals surface area contributed by atoms with E-state index in [0.717, 1.165) is 0 Å². The Morgan fingerprint density at radius 2 is 1.11 bits per heavy atom. The van der Waals surface area contributed by atoms with E-state index in [4.69, 9.17) is 17.2 Å². The van der Waals surface area contributed by atoms with Crippen LogP contribution >= 0.6 is 0 Å². The van der Waals surface area contributed by atoms with Crippen molar-refractivity contribution < 1.29 is 63.3 Å². The molecule has 3 aromatic rings. The van der Waals surface area contributed by atoms with Crippen LogP contribution in [0.5, 0.6) is 0 Å². The van der Waals surface area contributed by atoms with E-state index in [1.807, 2.05) is 0 Å². The van der Waals surface area contributed by atoms with Crippen molar-refractivity contribution in [1.82, 2.24) is 42.2 Å². The van der Waals surface area contributed by atoms with Crippen LogP contribution < -0.4 is 54.4 Å². The number of H-pyrrole nitrogens is 1. The van der Waals surface area contributed by atoms with Crippen LogP contribution in [0.3, 0.4) is 0 Å². The van der Waals surface area contributed by atoms with E-state index >= 15 is 0 Å². The van der Waals surface area contributed by atoms with Gasteiger partial charge in [0.2, 0.25) is 47.3 Å². The summed E-state index contributed by atoms with van der Waals surface area (Å²) in [4.78, 5) is 137. The van der Waals surface area contributed by atoms with Crippen LogP contribution in [0.4, 0.5) is 0 Å². The number of carboxylic acid groups (broad SMARTS) is 2. The Balaban J connectivity index is 2.00. The van der Waals surface area contributed by atoms with Gasteiger partial charge in [-0.05, 0) is 67.7 Å². The molecule has 0 spiro atoms. The number of fused-ring (bicyclic) bond motifs is 1. The molecule has 8 amide bonds. The summed E-state index contributed by atoms with van der Waals surface area (Å²) in [5, 5.41) is 47.3. The fourth-order valence-electron chi connectivity index (χ4n) is 7.68. The molecule has 3 rings (SSSR count). The van der Waals surface area contributed by atoms with Gasteiger partial charge in [-0.25, -0.2) is 4.79 Å². The number of nitrogens with two attached hydrogens (primary N) is 3. The molecule has 0 bridgehead atoms. The standard InChI is InChI=1S/C49H71N11O13/c1-26(2)20-35(56-42(65)31(51)25-61)45(68)57-36(21-28-12-6-5-7-13-28)46(69)59-38(23-40(63)64)48(71)55-34(17-18-39(52)62)43(66)58-37(22-29-24-53-32-15-9-8-14-30(29)32)47(70)54-33(16-10-11-19-50)44(67)60-41(27(3)4)49(72)73/h5-9,12-15,24,26-27,31,33-38,41,53,61H,10-11,16-23,25,50-51H2,1-4H3,(H2,52,62)(H,54,70)(H,55,71)(H,56,65)(H,57,68)(H,58,66)(H,59,69)(H,60,67)(H,63,64)(H,72,73)/t31-,33-,34-,35-,36-,37-,38-,41-/m0/s1. The average molecular weight is 1020 g/mol. The lowest BCUT2D eigenvalue weighted by atomic mass is 10.00. The Morgan fingerprint density at radius 1 is 0.603 bits per heavy atom. The van der Waals surface area contributed by atoms with Crippen molar-refractivity contribution in [2.45, 2.75) is 134 Å². The van der Waals surface area contributed by atoms with Gasteiger partial charge in [0.1, 0.15) is 48.3 Å². The van der Waals surface area contributed by atoms with Gasteiger partial charge in [0, 0.05) is 36.4 Å². The van der Waals surface area contributed by atoms with Gasteiger partial charge < -0.3 is 74.7 Å². The van der Waals surface area contributed by atoms with Crippen LogP contribution in [0.1, 0.15) is 83.8 Å². The summed E-state index contributed by atoms with van der Waals surface area (Å²) in [7, 11) is 0. The second kappa shape index (κ2) is 29.8. The molecule has 400 valence electrons.